The third kappa shape index (κ3) is 7.65. The standard InChI is InChI=1S/C20H40O2/c1-9-10-11-12-13-14-15-22-17(21)20(8,19(5,6)7)16-18(2,3)4/h9-16H2,1-8H3. The number of carbonyl (C=O) groups excluding carboxylic acids is 1. The van der Waals surface area contributed by atoms with Crippen LogP contribution in [0.25, 0.3) is 0 Å². The fraction of sp³-hybridized carbons (Fsp3) is 0.950. The highest BCUT2D eigenvalue weighted by Crippen LogP contribution is 2.47. The third-order valence-electron chi connectivity index (χ3n) is 4.72. The van der Waals surface area contributed by atoms with Gasteiger partial charge in [0.1, 0.15) is 0 Å². The highest BCUT2D eigenvalue weighted by atomic mass is 16.5. The summed E-state index contributed by atoms with van der Waals surface area (Å²) < 4.78 is 5.65. The Balaban J connectivity index is 4.43. The number of hydrogen-bond acceptors (Lipinski definition) is 2. The summed E-state index contributed by atoms with van der Waals surface area (Å²) in [6, 6.07) is 0. The Morgan fingerprint density at radius 2 is 1.32 bits per heavy atom. The van der Waals surface area contributed by atoms with E-state index in [0.717, 1.165) is 12.8 Å². The quantitative estimate of drug-likeness (QED) is 0.365. The van der Waals surface area contributed by atoms with Crippen molar-refractivity contribution in [3.63, 3.8) is 0 Å². The van der Waals surface area contributed by atoms with Gasteiger partial charge in [-0.25, -0.2) is 0 Å². The lowest BCUT2D eigenvalue weighted by Crippen LogP contribution is -2.44. The zero-order valence-electron chi connectivity index (χ0n) is 16.5. The van der Waals surface area contributed by atoms with Gasteiger partial charge in [-0.1, -0.05) is 80.6 Å². The molecule has 0 radical (unpaired) electrons. The minimum absolute atomic E-state index is 0.0246. The second-order valence-corrected chi connectivity index (χ2v) is 9.22. The maximum Gasteiger partial charge on any atom is 0.312 e. The van der Waals surface area contributed by atoms with E-state index >= 15 is 0 Å². The summed E-state index contributed by atoms with van der Waals surface area (Å²) in [5.74, 6) is -0.0246. The molecule has 2 nitrogen and oxygen atoms in total. The number of unbranched alkanes of at least 4 members (excludes halogenated alkanes) is 5. The maximum atomic E-state index is 12.7. The molecule has 0 rings (SSSR count). The minimum Gasteiger partial charge on any atom is -0.465 e. The van der Waals surface area contributed by atoms with E-state index in [9.17, 15) is 4.79 Å². The molecule has 22 heavy (non-hydrogen) atoms. The lowest BCUT2D eigenvalue weighted by Gasteiger charge is -2.43. The van der Waals surface area contributed by atoms with Crippen LogP contribution in [-0.4, -0.2) is 12.6 Å². The highest BCUT2D eigenvalue weighted by Gasteiger charge is 2.47. The number of esters is 1. The maximum absolute atomic E-state index is 12.7. The van der Waals surface area contributed by atoms with Crippen LogP contribution in [-0.2, 0) is 9.53 Å². The van der Waals surface area contributed by atoms with Gasteiger partial charge in [-0.3, -0.25) is 4.79 Å². The Hall–Kier alpha value is -0.530. The summed E-state index contributed by atoms with van der Waals surface area (Å²) in [4.78, 5) is 12.7. The fourth-order valence-corrected chi connectivity index (χ4v) is 2.91. The molecule has 0 saturated heterocycles. The van der Waals surface area contributed by atoms with Crippen molar-refractivity contribution < 1.29 is 9.53 Å². The Kier molecular flexibility index (Phi) is 8.72. The zero-order valence-corrected chi connectivity index (χ0v) is 16.5. The van der Waals surface area contributed by atoms with Gasteiger partial charge in [0.2, 0.25) is 0 Å². The summed E-state index contributed by atoms with van der Waals surface area (Å²) >= 11 is 0. The van der Waals surface area contributed by atoms with Gasteiger partial charge in [0, 0.05) is 0 Å². The molecule has 0 N–H and O–H groups in total. The SMILES string of the molecule is CCCCCCCCOC(=O)C(C)(CC(C)(C)C)C(C)(C)C. The van der Waals surface area contributed by atoms with Crippen LogP contribution in [0.4, 0.5) is 0 Å². The molecule has 132 valence electrons. The summed E-state index contributed by atoms with van der Waals surface area (Å²) in [5, 5.41) is 0. The molecule has 2 heteroatoms. The fourth-order valence-electron chi connectivity index (χ4n) is 2.91. The Morgan fingerprint density at radius 3 is 1.77 bits per heavy atom. The van der Waals surface area contributed by atoms with Crippen LogP contribution in [0, 0.1) is 16.2 Å². The Morgan fingerprint density at radius 1 is 0.818 bits per heavy atom. The first kappa shape index (κ1) is 21.5. The van der Waals surface area contributed by atoms with Gasteiger partial charge < -0.3 is 4.74 Å². The van der Waals surface area contributed by atoms with E-state index in [-0.39, 0.29) is 16.8 Å². The first-order chi connectivity index (χ1) is 9.94. The van der Waals surface area contributed by atoms with Gasteiger partial charge in [0.15, 0.2) is 0 Å². The van der Waals surface area contributed by atoms with E-state index in [2.05, 4.69) is 55.4 Å². The van der Waals surface area contributed by atoms with Crippen molar-refractivity contribution >= 4 is 5.97 Å². The van der Waals surface area contributed by atoms with Gasteiger partial charge in [-0.15, -0.1) is 0 Å². The van der Waals surface area contributed by atoms with Crippen LogP contribution in [0.15, 0.2) is 0 Å². The largest absolute Gasteiger partial charge is 0.465 e. The smallest absolute Gasteiger partial charge is 0.312 e. The number of carbonyl (C=O) groups is 1. The summed E-state index contributed by atoms with van der Waals surface area (Å²) in [5.41, 5.74) is -0.423. The molecule has 1 unspecified atom stereocenters. The van der Waals surface area contributed by atoms with Crippen molar-refractivity contribution in [1.82, 2.24) is 0 Å². The Bertz CT molecular complexity index is 320. The molecule has 0 aromatic carbocycles. The normalized spacial score (nSPS) is 15.5. The van der Waals surface area contributed by atoms with Crippen LogP contribution < -0.4 is 0 Å². The first-order valence-electron chi connectivity index (χ1n) is 9.11. The van der Waals surface area contributed by atoms with Gasteiger partial charge >= 0.3 is 5.97 Å². The lowest BCUT2D eigenvalue weighted by molar-refractivity contribution is -0.164. The molecule has 0 aliphatic heterocycles. The molecule has 0 amide bonds. The molecule has 0 aromatic rings. The molecule has 0 bridgehead atoms. The average molecular weight is 313 g/mol. The van der Waals surface area contributed by atoms with E-state index in [0.29, 0.717) is 6.61 Å². The molecule has 0 fully saturated rings. The van der Waals surface area contributed by atoms with Crippen LogP contribution in [0.3, 0.4) is 0 Å². The van der Waals surface area contributed by atoms with Gasteiger partial charge in [0.05, 0.1) is 12.0 Å². The van der Waals surface area contributed by atoms with Crippen molar-refractivity contribution in [2.75, 3.05) is 6.61 Å². The highest BCUT2D eigenvalue weighted by molar-refractivity contribution is 5.77. The first-order valence-corrected chi connectivity index (χ1v) is 9.11. The zero-order chi connectivity index (χ0) is 17.4. The van der Waals surface area contributed by atoms with Crippen molar-refractivity contribution in [3.8, 4) is 0 Å². The van der Waals surface area contributed by atoms with E-state index in [4.69, 9.17) is 4.74 Å². The van der Waals surface area contributed by atoms with E-state index < -0.39 is 5.41 Å². The van der Waals surface area contributed by atoms with Crippen LogP contribution in [0.5, 0.6) is 0 Å². The Labute approximate surface area is 139 Å². The summed E-state index contributed by atoms with van der Waals surface area (Å²) in [6.45, 7) is 17.9. The minimum atomic E-state index is -0.437. The van der Waals surface area contributed by atoms with Crippen LogP contribution in [0.1, 0.15) is 100 Å². The van der Waals surface area contributed by atoms with Crippen molar-refractivity contribution in [2.45, 2.75) is 100 Å². The predicted molar refractivity (Wildman–Crippen MR) is 96.0 cm³/mol. The number of hydrogen-bond donors (Lipinski definition) is 0. The molecular weight excluding hydrogens is 272 g/mol. The van der Waals surface area contributed by atoms with Gasteiger partial charge in [0.25, 0.3) is 0 Å². The van der Waals surface area contributed by atoms with Crippen LogP contribution in [0.2, 0.25) is 0 Å². The van der Waals surface area contributed by atoms with Gasteiger partial charge in [-0.2, -0.15) is 0 Å². The molecule has 0 spiro atoms. The molecule has 0 aromatic heterocycles. The average Bonchev–Trinajstić information content (AvgIpc) is 2.34. The summed E-state index contributed by atoms with van der Waals surface area (Å²) in [6.07, 6.45) is 8.14. The summed E-state index contributed by atoms with van der Waals surface area (Å²) in [7, 11) is 0. The monoisotopic (exact) mass is 312 g/mol. The van der Waals surface area contributed by atoms with Crippen LogP contribution >= 0.6 is 0 Å². The topological polar surface area (TPSA) is 26.3 Å². The predicted octanol–water partition coefficient (Wildman–Crippen LogP) is 6.38. The van der Waals surface area contributed by atoms with E-state index in [1.54, 1.807) is 0 Å². The molecule has 1 atom stereocenters. The molecule has 0 aliphatic rings. The van der Waals surface area contributed by atoms with E-state index in [1.807, 2.05) is 0 Å². The molecule has 0 heterocycles. The number of rotatable bonds is 9. The molecule has 0 aliphatic carbocycles. The van der Waals surface area contributed by atoms with Crippen molar-refractivity contribution in [3.05, 3.63) is 0 Å². The van der Waals surface area contributed by atoms with Crippen molar-refractivity contribution in [2.24, 2.45) is 16.2 Å². The molecular formula is C20H40O2. The number of ether oxygens (including phenoxy) is 1. The van der Waals surface area contributed by atoms with E-state index in [1.165, 1.54) is 32.1 Å². The molecule has 0 saturated carbocycles. The third-order valence-corrected chi connectivity index (χ3v) is 4.72. The second-order valence-electron chi connectivity index (χ2n) is 9.22. The second kappa shape index (κ2) is 8.93. The van der Waals surface area contributed by atoms with Crippen molar-refractivity contribution in [1.29, 1.82) is 0 Å². The lowest BCUT2D eigenvalue weighted by atomic mass is 9.61. The van der Waals surface area contributed by atoms with Gasteiger partial charge in [-0.05, 0) is 30.6 Å².